The van der Waals surface area contributed by atoms with Crippen LogP contribution in [0.15, 0.2) is 18.2 Å². The maximum Gasteiger partial charge on any atom is 0.405 e. The summed E-state index contributed by atoms with van der Waals surface area (Å²) in [6.07, 6.45) is -0.459. The van der Waals surface area contributed by atoms with E-state index in [-0.39, 0.29) is 0 Å². The molecule has 0 spiro atoms. The summed E-state index contributed by atoms with van der Waals surface area (Å²) in [6, 6.07) is 4.77. The van der Waals surface area contributed by atoms with E-state index < -0.39 is 18.3 Å². The first-order valence-corrected chi connectivity index (χ1v) is 6.80. The monoisotopic (exact) mass is 305 g/mol. The highest BCUT2D eigenvalue weighted by Gasteiger charge is 2.26. The molecule has 4 nitrogen and oxygen atoms in total. The normalized spacial score (nSPS) is 13.9. The van der Waals surface area contributed by atoms with Gasteiger partial charge in [0, 0.05) is 15.6 Å². The van der Waals surface area contributed by atoms with Crippen LogP contribution in [-0.4, -0.2) is 17.3 Å². The third kappa shape index (κ3) is 4.90. The van der Waals surface area contributed by atoms with Crippen LogP contribution in [0.25, 0.3) is 0 Å². The Hall–Kier alpha value is -0.970. The topological polar surface area (TPSA) is 72.6 Å². The molecule has 1 rings (SSSR count). The van der Waals surface area contributed by atoms with Crippen molar-refractivity contribution in [2.24, 2.45) is 5.73 Å². The van der Waals surface area contributed by atoms with Gasteiger partial charge >= 0.3 is 6.09 Å². The second kappa shape index (κ2) is 7.58. The number of ether oxygens (including phenoxy) is 1. The van der Waals surface area contributed by atoms with Gasteiger partial charge in [-0.3, -0.25) is 0 Å². The van der Waals surface area contributed by atoms with Gasteiger partial charge in [-0.2, -0.15) is 0 Å². The molecule has 0 saturated heterocycles. The van der Waals surface area contributed by atoms with Crippen LogP contribution in [0.5, 0.6) is 0 Å². The molecular formula is C13H17Cl2NO3. The Bertz CT molecular complexity index is 440. The molecule has 0 heterocycles. The van der Waals surface area contributed by atoms with Crippen LogP contribution < -0.4 is 5.73 Å². The van der Waals surface area contributed by atoms with Gasteiger partial charge in [0.15, 0.2) is 6.10 Å². The summed E-state index contributed by atoms with van der Waals surface area (Å²) in [7, 11) is 0. The van der Waals surface area contributed by atoms with E-state index >= 15 is 0 Å². The van der Waals surface area contributed by atoms with E-state index in [2.05, 4.69) is 0 Å². The van der Waals surface area contributed by atoms with Crippen molar-refractivity contribution < 1.29 is 14.6 Å². The van der Waals surface area contributed by atoms with Crippen molar-refractivity contribution in [2.75, 3.05) is 0 Å². The van der Waals surface area contributed by atoms with Crippen LogP contribution >= 0.6 is 23.2 Å². The molecule has 0 aliphatic carbocycles. The number of rotatable bonds is 6. The summed E-state index contributed by atoms with van der Waals surface area (Å²) in [5, 5.41) is 10.9. The lowest BCUT2D eigenvalue weighted by molar-refractivity contribution is -0.0000379. The van der Waals surface area contributed by atoms with Crippen molar-refractivity contribution in [3.8, 4) is 0 Å². The number of carbonyl (C=O) groups excluding carboxylic acids is 1. The minimum atomic E-state index is -0.952. The first-order chi connectivity index (χ1) is 8.95. The number of benzene rings is 1. The molecule has 0 aromatic heterocycles. The van der Waals surface area contributed by atoms with E-state index in [1.807, 2.05) is 6.92 Å². The third-order valence-corrected chi connectivity index (χ3v) is 3.28. The third-order valence-electron chi connectivity index (χ3n) is 2.72. The molecule has 1 aromatic carbocycles. The van der Waals surface area contributed by atoms with E-state index in [1.54, 1.807) is 12.1 Å². The average molecular weight is 306 g/mol. The number of amides is 1. The minimum absolute atomic E-state index is 0.328. The van der Waals surface area contributed by atoms with Gasteiger partial charge in [-0.1, -0.05) is 49.0 Å². The van der Waals surface area contributed by atoms with Crippen LogP contribution in [0.2, 0.25) is 10.0 Å². The van der Waals surface area contributed by atoms with E-state index in [1.165, 1.54) is 6.07 Å². The highest BCUT2D eigenvalue weighted by molar-refractivity contribution is 6.35. The predicted octanol–water partition coefficient (Wildman–Crippen LogP) is 3.68. The Labute approximate surface area is 122 Å². The van der Waals surface area contributed by atoms with E-state index in [4.69, 9.17) is 33.7 Å². The van der Waals surface area contributed by atoms with Gasteiger partial charge in [0.25, 0.3) is 0 Å². The van der Waals surface area contributed by atoms with Crippen molar-refractivity contribution in [3.05, 3.63) is 33.8 Å². The molecule has 0 bridgehead atoms. The van der Waals surface area contributed by atoms with Gasteiger partial charge in [-0.15, -0.1) is 0 Å². The fourth-order valence-electron chi connectivity index (χ4n) is 1.77. The molecule has 0 radical (unpaired) electrons. The van der Waals surface area contributed by atoms with Crippen molar-refractivity contribution in [2.45, 2.75) is 38.4 Å². The van der Waals surface area contributed by atoms with Crippen molar-refractivity contribution in [3.63, 3.8) is 0 Å². The molecule has 3 N–H and O–H groups in total. The summed E-state index contributed by atoms with van der Waals surface area (Å²) >= 11 is 11.9. The molecule has 0 fully saturated rings. The van der Waals surface area contributed by atoms with E-state index in [9.17, 15) is 9.90 Å². The van der Waals surface area contributed by atoms with E-state index in [0.29, 0.717) is 22.0 Å². The zero-order chi connectivity index (χ0) is 14.4. The van der Waals surface area contributed by atoms with Gasteiger partial charge in [-0.25, -0.2) is 4.79 Å². The number of nitrogens with two attached hydrogens (primary N) is 1. The standard InChI is InChI=1S/C13H17Cl2NO3/c1-2-3-4-11(17)12(19-13(16)18)9-6-5-8(14)7-10(9)15/h5-7,11-12,17H,2-4H2,1H3,(H2,16,18)/t11-,12?/m0/s1. The second-order valence-electron chi connectivity index (χ2n) is 4.23. The summed E-state index contributed by atoms with van der Waals surface area (Å²) in [4.78, 5) is 11.0. The van der Waals surface area contributed by atoms with Gasteiger partial charge in [0.05, 0.1) is 6.10 Å². The summed E-state index contributed by atoms with van der Waals surface area (Å²) in [5.41, 5.74) is 5.53. The van der Waals surface area contributed by atoms with Gasteiger partial charge in [0.1, 0.15) is 0 Å². The fraction of sp³-hybridized carbons (Fsp3) is 0.462. The smallest absolute Gasteiger partial charge is 0.405 e. The molecule has 6 heteroatoms. The van der Waals surface area contributed by atoms with E-state index in [0.717, 1.165) is 12.8 Å². The molecule has 1 unspecified atom stereocenters. The molecule has 0 saturated carbocycles. The number of hydrogen-bond donors (Lipinski definition) is 2. The lowest BCUT2D eigenvalue weighted by Crippen LogP contribution is -2.27. The zero-order valence-corrected chi connectivity index (χ0v) is 12.1. The number of unbranched alkanes of at least 4 members (excludes halogenated alkanes) is 1. The first-order valence-electron chi connectivity index (χ1n) is 6.04. The summed E-state index contributed by atoms with van der Waals surface area (Å²) in [6.45, 7) is 2.01. The Kier molecular flexibility index (Phi) is 6.42. The largest absolute Gasteiger partial charge is 0.439 e. The molecule has 0 aliphatic heterocycles. The molecule has 19 heavy (non-hydrogen) atoms. The Balaban J connectivity index is 2.98. The lowest BCUT2D eigenvalue weighted by Gasteiger charge is -2.23. The second-order valence-corrected chi connectivity index (χ2v) is 5.08. The first kappa shape index (κ1) is 16.1. The van der Waals surface area contributed by atoms with Crippen molar-refractivity contribution >= 4 is 29.3 Å². The maximum atomic E-state index is 11.0. The quantitative estimate of drug-likeness (QED) is 0.842. The minimum Gasteiger partial charge on any atom is -0.439 e. The number of hydrogen-bond acceptors (Lipinski definition) is 3. The molecule has 1 aromatic rings. The van der Waals surface area contributed by atoms with Crippen molar-refractivity contribution in [1.29, 1.82) is 0 Å². The number of primary amides is 1. The fourth-order valence-corrected chi connectivity index (χ4v) is 2.29. The van der Waals surface area contributed by atoms with Crippen LogP contribution in [0, 0.1) is 0 Å². The SMILES string of the molecule is CCCC[C@H](O)C(OC(N)=O)c1ccc(Cl)cc1Cl. The van der Waals surface area contributed by atoms with Gasteiger partial charge in [0.2, 0.25) is 0 Å². The highest BCUT2D eigenvalue weighted by atomic mass is 35.5. The van der Waals surface area contributed by atoms with Crippen LogP contribution in [0.4, 0.5) is 4.79 Å². The Morgan fingerprint density at radius 3 is 2.68 bits per heavy atom. The number of carbonyl (C=O) groups is 1. The molecule has 2 atom stereocenters. The predicted molar refractivity (Wildman–Crippen MR) is 75.4 cm³/mol. The van der Waals surface area contributed by atoms with Gasteiger partial charge < -0.3 is 15.6 Å². The number of aliphatic hydroxyl groups excluding tert-OH is 1. The number of halogens is 2. The van der Waals surface area contributed by atoms with Crippen LogP contribution in [-0.2, 0) is 4.74 Å². The van der Waals surface area contributed by atoms with Crippen LogP contribution in [0.3, 0.4) is 0 Å². The zero-order valence-electron chi connectivity index (χ0n) is 10.6. The molecule has 0 aliphatic rings. The highest BCUT2D eigenvalue weighted by Crippen LogP contribution is 2.32. The average Bonchev–Trinajstić information content (AvgIpc) is 2.33. The molecule has 1 amide bonds. The molecule has 106 valence electrons. The lowest BCUT2D eigenvalue weighted by atomic mass is 10.00. The molecular weight excluding hydrogens is 289 g/mol. The van der Waals surface area contributed by atoms with Gasteiger partial charge in [-0.05, 0) is 18.6 Å². The summed E-state index contributed by atoms with van der Waals surface area (Å²) in [5.74, 6) is 0. The maximum absolute atomic E-state index is 11.0. The number of aliphatic hydroxyl groups is 1. The van der Waals surface area contributed by atoms with Crippen molar-refractivity contribution in [1.82, 2.24) is 0 Å². The Morgan fingerprint density at radius 2 is 2.16 bits per heavy atom. The Morgan fingerprint density at radius 1 is 1.47 bits per heavy atom. The van der Waals surface area contributed by atoms with Crippen LogP contribution in [0.1, 0.15) is 37.9 Å². The summed E-state index contributed by atoms with van der Waals surface area (Å²) < 4.78 is 4.98.